The van der Waals surface area contributed by atoms with Gasteiger partial charge in [0, 0.05) is 19.4 Å². The van der Waals surface area contributed by atoms with Crippen LogP contribution in [0.3, 0.4) is 0 Å². The summed E-state index contributed by atoms with van der Waals surface area (Å²) in [5, 5.41) is 76.9. The molecule has 0 radical (unpaired) electrons. The number of aliphatic hydroxyl groups is 5. The van der Waals surface area contributed by atoms with Crippen molar-refractivity contribution >= 4 is 45.4 Å². The van der Waals surface area contributed by atoms with Gasteiger partial charge in [0.15, 0.2) is 36.3 Å². The molecule has 2 fully saturated rings. The third kappa shape index (κ3) is 14.8. The van der Waals surface area contributed by atoms with E-state index in [9.17, 15) is 50.1 Å². The second-order valence-corrected chi connectivity index (χ2v) is 20.5. The van der Waals surface area contributed by atoms with Crippen molar-refractivity contribution in [2.24, 2.45) is 11.8 Å². The van der Waals surface area contributed by atoms with E-state index in [4.69, 9.17) is 49.5 Å². The highest BCUT2D eigenvalue weighted by molar-refractivity contribution is 9.10. The maximum Gasteiger partial charge on any atom is 0.342 e. The highest BCUT2D eigenvalue weighted by Crippen LogP contribution is 2.45. The van der Waals surface area contributed by atoms with Crippen LogP contribution >= 0.6 is 27.5 Å². The second kappa shape index (κ2) is 26.7. The molecule has 4 rings (SSSR count). The van der Waals surface area contributed by atoms with Gasteiger partial charge in [0.2, 0.25) is 0 Å². The molecule has 20 heteroatoms. The smallest absolute Gasteiger partial charge is 0.342 e. The van der Waals surface area contributed by atoms with E-state index in [1.54, 1.807) is 53.7 Å². The normalized spacial score (nSPS) is 34.8. The fraction of sp³-hybridized carbons (Fsp3) is 0.635. The average Bonchev–Trinajstić information content (AvgIpc) is 3.32. The Balaban J connectivity index is 1.61. The highest BCUT2D eigenvalue weighted by Gasteiger charge is 2.53. The summed E-state index contributed by atoms with van der Waals surface area (Å²) in [6.07, 6.45) is -5.20. The van der Waals surface area contributed by atoms with Crippen LogP contribution in [-0.4, -0.2) is 153 Å². The van der Waals surface area contributed by atoms with Crippen LogP contribution in [0.25, 0.3) is 0 Å². The van der Waals surface area contributed by atoms with Gasteiger partial charge in [0.25, 0.3) is 0 Å². The van der Waals surface area contributed by atoms with Crippen LogP contribution < -0.4 is 0 Å². The summed E-state index contributed by atoms with van der Waals surface area (Å²) in [7, 11) is 1.27. The zero-order chi connectivity index (χ0) is 54.1. The number of esters is 3. The summed E-state index contributed by atoms with van der Waals surface area (Å²) in [4.78, 5) is 40.0. The largest absolute Gasteiger partial charge is 0.505 e. The van der Waals surface area contributed by atoms with Crippen LogP contribution in [0.2, 0.25) is 5.02 Å². The first kappa shape index (κ1) is 60.9. The van der Waals surface area contributed by atoms with Gasteiger partial charge >= 0.3 is 17.9 Å². The van der Waals surface area contributed by atoms with Crippen LogP contribution in [0.1, 0.15) is 111 Å². The molecule has 4 unspecified atom stereocenters. The molecule has 18 nitrogen and oxygen atoms in total. The summed E-state index contributed by atoms with van der Waals surface area (Å²) in [5.74, 6) is -4.51. The van der Waals surface area contributed by atoms with Crippen LogP contribution in [0.15, 0.2) is 63.2 Å². The van der Waals surface area contributed by atoms with Crippen LogP contribution in [0, 0.1) is 11.8 Å². The molecule has 0 aliphatic carbocycles. The Hall–Kier alpha value is -3.70. The first-order chi connectivity index (χ1) is 33.7. The van der Waals surface area contributed by atoms with Crippen molar-refractivity contribution in [1.29, 1.82) is 0 Å². The van der Waals surface area contributed by atoms with Crippen molar-refractivity contribution in [3.8, 4) is 11.5 Å². The number of methoxy groups -OCH3 is 1. The molecule has 0 bridgehead atoms. The van der Waals surface area contributed by atoms with Gasteiger partial charge in [-0.25, -0.2) is 9.59 Å². The van der Waals surface area contributed by atoms with E-state index in [1.165, 1.54) is 33.1 Å². The molecule has 3 aliphatic heterocycles. The minimum Gasteiger partial charge on any atom is -0.505 e. The van der Waals surface area contributed by atoms with Gasteiger partial charge in [-0.2, -0.15) is 0 Å². The molecule has 72 heavy (non-hydrogen) atoms. The summed E-state index contributed by atoms with van der Waals surface area (Å²) in [6.45, 7) is 18.2. The van der Waals surface area contributed by atoms with E-state index in [0.29, 0.717) is 23.1 Å². The minimum atomic E-state index is -1.60. The fourth-order valence-corrected chi connectivity index (χ4v) is 9.58. The van der Waals surface area contributed by atoms with Crippen LogP contribution in [0.5, 0.6) is 11.5 Å². The van der Waals surface area contributed by atoms with Crippen molar-refractivity contribution < 1.29 is 88.0 Å². The molecule has 0 saturated carbocycles. The number of aromatic hydroxyl groups is 2. The molecule has 1 aromatic carbocycles. The monoisotopic (exact) mass is 1100 g/mol. The maximum atomic E-state index is 14.0. The Kier molecular flexibility index (Phi) is 22.5. The molecule has 3 aliphatic rings. The van der Waals surface area contributed by atoms with Gasteiger partial charge in [-0.3, -0.25) is 4.79 Å². The lowest BCUT2D eigenvalue weighted by atomic mass is 9.88. The quantitative estimate of drug-likeness (QED) is 0.0645. The summed E-state index contributed by atoms with van der Waals surface area (Å²) >= 11 is 9.30. The molecule has 14 atom stereocenters. The zero-order valence-corrected chi connectivity index (χ0v) is 45.4. The molecule has 3 heterocycles. The second-order valence-electron chi connectivity index (χ2n) is 19.4. The number of carbonyl (C=O) groups is 3. The van der Waals surface area contributed by atoms with Gasteiger partial charge in [-0.05, 0) is 106 Å². The van der Waals surface area contributed by atoms with E-state index in [0.717, 1.165) is 0 Å². The molecule has 2 saturated heterocycles. The van der Waals surface area contributed by atoms with Crippen molar-refractivity contribution in [1.82, 2.24) is 0 Å². The van der Waals surface area contributed by atoms with Crippen molar-refractivity contribution in [3.63, 3.8) is 0 Å². The lowest BCUT2D eigenvalue weighted by Gasteiger charge is -2.47. The topological polar surface area (TPSA) is 267 Å². The number of cyclic esters (lactones) is 1. The third-order valence-corrected chi connectivity index (χ3v) is 14.2. The highest BCUT2D eigenvalue weighted by atomic mass is 79.9. The lowest BCUT2D eigenvalue weighted by molar-refractivity contribution is -0.333. The predicted molar refractivity (Wildman–Crippen MR) is 268 cm³/mol. The zero-order valence-electron chi connectivity index (χ0n) is 43.0. The van der Waals surface area contributed by atoms with Crippen molar-refractivity contribution in [2.75, 3.05) is 13.7 Å². The first-order valence-electron chi connectivity index (χ1n) is 24.2. The van der Waals surface area contributed by atoms with Gasteiger partial charge in [-0.1, -0.05) is 75.2 Å². The summed E-state index contributed by atoms with van der Waals surface area (Å²) < 4.78 is 47.7. The lowest BCUT2D eigenvalue weighted by Crippen LogP contribution is -2.64. The number of carbonyl (C=O) groups excluding carboxylic acids is 3. The van der Waals surface area contributed by atoms with E-state index >= 15 is 0 Å². The Morgan fingerprint density at radius 3 is 2.21 bits per heavy atom. The van der Waals surface area contributed by atoms with Gasteiger partial charge in [0.1, 0.15) is 46.7 Å². The fourth-order valence-electron chi connectivity index (χ4n) is 8.60. The standard InChI is InChI=1S/C52H74BrClO18/c1-13-30-22-26(6)33(56)18-16-15-17-31(23-66-51-45(65-12)42(61)44(29(9)67-51)69-49(64)35-32(14-2)36(53)39(58)37(54)38(35)57)48(63)68-34(28(8)55)20-19-25(5)21-27(7)43(30)70-50-41(60)40(59)46(52(10,11)72-50)71-47(62)24(3)4/h15-17,19,21-22,24,28-30,33-34,40-46,50-51,55-61H,13-14,18,20,23H2,1-12H3/b16-15+,25-19+,26-22+,27-21+,31-17+/t28-,29+,30?,33?,34?,40-,41+,42-,43?,44+,45-,46+,50-,51+/m1/s1. The molecule has 1 aromatic rings. The SMILES string of the molecule is CCc1c(Br)c(O)c(Cl)c(O)c1C(=O)O[C@@H]1[C@@H](O)[C@@H](OC)[C@@H](OC/C2=C\C=C\CC(O)/C(C)=C/C(CC)C(O[C@@H]3OC(C)(C)[C@@H](OC(=O)C(C)C)[C@H](O)[C@@H]3O)/C(C)=C/C(C)=C/CC([C@@H](C)O)OC2=O)O[C@H]1C. The number of halogens is 2. The number of benzene rings is 1. The molecule has 0 amide bonds. The van der Waals surface area contributed by atoms with E-state index in [-0.39, 0.29) is 40.4 Å². The number of hydrogen-bond donors (Lipinski definition) is 7. The first-order valence-corrected chi connectivity index (χ1v) is 25.3. The average molecular weight is 1100 g/mol. The number of aliphatic hydroxyl groups excluding tert-OH is 5. The van der Waals surface area contributed by atoms with E-state index in [1.807, 2.05) is 32.9 Å². The van der Waals surface area contributed by atoms with Gasteiger partial charge in [-0.15, -0.1) is 0 Å². The van der Waals surface area contributed by atoms with Crippen molar-refractivity contribution in [3.05, 3.63) is 79.4 Å². The Morgan fingerprint density at radius 1 is 0.944 bits per heavy atom. The Morgan fingerprint density at radius 2 is 1.61 bits per heavy atom. The number of phenolic OH excluding ortho intramolecular Hbond substituents is 2. The predicted octanol–water partition coefficient (Wildman–Crippen LogP) is 6.34. The van der Waals surface area contributed by atoms with Crippen LogP contribution in [0.4, 0.5) is 0 Å². The number of hydrogen-bond acceptors (Lipinski definition) is 18. The third-order valence-electron chi connectivity index (χ3n) is 13.0. The Labute approximate surface area is 435 Å². The van der Waals surface area contributed by atoms with E-state index in [2.05, 4.69) is 15.9 Å². The molecular weight excluding hydrogens is 1030 g/mol. The molecule has 0 spiro atoms. The molecular formula is C52H74BrClO18. The Bertz CT molecular complexity index is 2220. The molecule has 0 aromatic heterocycles. The number of rotatable bonds is 13. The van der Waals surface area contributed by atoms with Crippen LogP contribution in [-0.2, 0) is 53.9 Å². The summed E-state index contributed by atoms with van der Waals surface area (Å²) in [5.41, 5.74) is 0.575. The van der Waals surface area contributed by atoms with Crippen molar-refractivity contribution in [2.45, 2.75) is 187 Å². The number of phenols is 2. The molecule has 7 N–H and O–H groups in total. The number of ether oxygens (including phenoxy) is 8. The number of allylic oxidation sites excluding steroid dienone is 4. The molecule has 404 valence electrons. The summed E-state index contributed by atoms with van der Waals surface area (Å²) in [6, 6.07) is 0. The van der Waals surface area contributed by atoms with Gasteiger partial charge < -0.3 is 73.6 Å². The minimum absolute atomic E-state index is 0.0291. The van der Waals surface area contributed by atoms with Gasteiger partial charge in [0.05, 0.1) is 47.0 Å². The maximum absolute atomic E-state index is 14.0. The van der Waals surface area contributed by atoms with E-state index < -0.39 is 138 Å².